The van der Waals surface area contributed by atoms with Gasteiger partial charge in [-0.05, 0) is 62.3 Å². The van der Waals surface area contributed by atoms with Crippen LogP contribution in [0.4, 0.5) is 17.2 Å². The van der Waals surface area contributed by atoms with Crippen LogP contribution < -0.4 is 10.2 Å². The lowest BCUT2D eigenvalue weighted by molar-refractivity contribution is -0.132. The first-order valence-corrected chi connectivity index (χ1v) is 10.7. The number of carbonyl (C=O) groups excluding carboxylic acids is 1. The second-order valence-corrected chi connectivity index (χ2v) is 8.05. The Morgan fingerprint density at radius 2 is 1.93 bits per heavy atom. The van der Waals surface area contributed by atoms with Crippen LogP contribution in [0, 0.1) is 0 Å². The number of benzene rings is 1. The van der Waals surface area contributed by atoms with Crippen molar-refractivity contribution in [2.45, 2.75) is 57.3 Å². The van der Waals surface area contributed by atoms with Crippen molar-refractivity contribution >= 4 is 23.1 Å². The molecule has 6 nitrogen and oxygen atoms in total. The van der Waals surface area contributed by atoms with Gasteiger partial charge < -0.3 is 19.7 Å². The minimum atomic E-state index is -0.371. The maximum Gasteiger partial charge on any atom is 0.256 e. The van der Waals surface area contributed by atoms with E-state index in [0.29, 0.717) is 13.2 Å². The van der Waals surface area contributed by atoms with E-state index in [1.807, 2.05) is 17.0 Å². The summed E-state index contributed by atoms with van der Waals surface area (Å²) in [5.74, 6) is 0.835. The van der Waals surface area contributed by atoms with Gasteiger partial charge in [-0.25, -0.2) is 4.98 Å². The monoisotopic (exact) mass is 393 g/mol. The van der Waals surface area contributed by atoms with Crippen LogP contribution in [0.25, 0.3) is 0 Å². The van der Waals surface area contributed by atoms with Crippen molar-refractivity contribution in [2.24, 2.45) is 0 Å². The summed E-state index contributed by atoms with van der Waals surface area (Å²) in [6.07, 6.45) is 7.65. The number of anilines is 3. The number of amides is 1. The number of nitrogens with zero attached hydrogens (tertiary/aromatic N) is 2. The van der Waals surface area contributed by atoms with Crippen LogP contribution in [0.2, 0.25) is 0 Å². The van der Waals surface area contributed by atoms with Crippen molar-refractivity contribution in [3.05, 3.63) is 47.7 Å². The van der Waals surface area contributed by atoms with E-state index in [0.717, 1.165) is 67.0 Å². The second kappa shape index (κ2) is 8.13. The average molecular weight is 393 g/mol. The first kappa shape index (κ1) is 18.6. The molecular weight excluding hydrogens is 366 g/mol. The van der Waals surface area contributed by atoms with Crippen LogP contribution in [-0.4, -0.2) is 30.2 Å². The highest BCUT2D eigenvalue weighted by Crippen LogP contribution is 2.39. The van der Waals surface area contributed by atoms with E-state index < -0.39 is 0 Å². The predicted octanol–water partition coefficient (Wildman–Crippen LogP) is 4.48. The number of hydrogen-bond acceptors (Lipinski definition) is 5. The maximum absolute atomic E-state index is 13.5. The van der Waals surface area contributed by atoms with E-state index in [2.05, 4.69) is 28.5 Å². The van der Waals surface area contributed by atoms with Crippen molar-refractivity contribution in [2.75, 3.05) is 23.4 Å². The molecule has 0 aliphatic carbocycles. The van der Waals surface area contributed by atoms with E-state index in [9.17, 15) is 4.79 Å². The van der Waals surface area contributed by atoms with E-state index in [-0.39, 0.29) is 18.1 Å². The normalized spacial score (nSPS) is 24.1. The van der Waals surface area contributed by atoms with Gasteiger partial charge in [-0.3, -0.25) is 4.79 Å². The van der Waals surface area contributed by atoms with Crippen LogP contribution in [0.15, 0.2) is 36.5 Å². The number of fused-ring (bicyclic) bond motifs is 2. The van der Waals surface area contributed by atoms with E-state index in [1.165, 1.54) is 6.42 Å². The summed E-state index contributed by atoms with van der Waals surface area (Å²) in [6.45, 7) is 1.94. The van der Waals surface area contributed by atoms with Gasteiger partial charge in [-0.15, -0.1) is 0 Å². The predicted molar refractivity (Wildman–Crippen MR) is 111 cm³/mol. The third kappa shape index (κ3) is 3.74. The summed E-state index contributed by atoms with van der Waals surface area (Å²) in [6, 6.07) is 10.2. The quantitative estimate of drug-likeness (QED) is 0.815. The van der Waals surface area contributed by atoms with Crippen molar-refractivity contribution in [1.29, 1.82) is 0 Å². The molecule has 2 fully saturated rings. The molecule has 0 spiro atoms. The molecule has 4 heterocycles. The van der Waals surface area contributed by atoms with Gasteiger partial charge in [0.15, 0.2) is 0 Å². The topological polar surface area (TPSA) is 63.7 Å². The van der Waals surface area contributed by atoms with Gasteiger partial charge in [0.25, 0.3) is 5.91 Å². The van der Waals surface area contributed by atoms with Gasteiger partial charge in [-0.1, -0.05) is 12.1 Å². The largest absolute Gasteiger partial charge is 0.374 e. The van der Waals surface area contributed by atoms with Crippen molar-refractivity contribution < 1.29 is 14.3 Å². The van der Waals surface area contributed by atoms with Crippen molar-refractivity contribution in [1.82, 2.24) is 4.98 Å². The van der Waals surface area contributed by atoms with Crippen LogP contribution in [0.5, 0.6) is 0 Å². The Morgan fingerprint density at radius 3 is 2.72 bits per heavy atom. The van der Waals surface area contributed by atoms with Crippen LogP contribution >= 0.6 is 0 Å². The Bertz CT molecular complexity index is 889. The van der Waals surface area contributed by atoms with Gasteiger partial charge in [0.1, 0.15) is 11.9 Å². The Kier molecular flexibility index (Phi) is 5.21. The number of carbonyl (C=O) groups is 1. The molecule has 2 saturated heterocycles. The SMILES string of the molecule is O=C([C@H]1CCCCO1)N1Cc2cccnc2Nc2ccc(C3CCCCO3)cc21. The Balaban J connectivity index is 1.54. The summed E-state index contributed by atoms with van der Waals surface area (Å²) in [7, 11) is 0. The molecule has 3 aliphatic rings. The first-order chi connectivity index (χ1) is 14.3. The lowest BCUT2D eigenvalue weighted by atomic mass is 9.99. The highest BCUT2D eigenvalue weighted by Gasteiger charge is 2.32. The standard InChI is InChI=1S/C23H27N3O3/c27-23(21-8-2-4-13-29-21)26-15-17-6-5-11-24-22(17)25-18-10-9-16(14-19(18)26)20-7-1-3-12-28-20/h5-6,9-11,14,20-21H,1-4,7-8,12-13,15H2,(H,24,25)/t20?,21-/m1/s1. The molecule has 6 heteroatoms. The zero-order valence-electron chi connectivity index (χ0n) is 16.6. The van der Waals surface area contributed by atoms with Gasteiger partial charge in [0, 0.05) is 25.0 Å². The molecule has 2 aromatic rings. The average Bonchev–Trinajstić information content (AvgIpc) is 2.96. The Labute approximate surface area is 171 Å². The minimum absolute atomic E-state index is 0.0335. The Morgan fingerprint density at radius 1 is 1.07 bits per heavy atom. The maximum atomic E-state index is 13.5. The number of pyridine rings is 1. The third-order valence-corrected chi connectivity index (χ3v) is 6.06. The zero-order chi connectivity index (χ0) is 19.6. The molecule has 29 heavy (non-hydrogen) atoms. The van der Waals surface area contributed by atoms with Gasteiger partial charge >= 0.3 is 0 Å². The molecule has 0 bridgehead atoms. The number of rotatable bonds is 2. The fourth-order valence-corrected chi connectivity index (χ4v) is 4.45. The zero-order valence-corrected chi connectivity index (χ0v) is 16.6. The summed E-state index contributed by atoms with van der Waals surface area (Å²) in [5.41, 5.74) is 3.91. The molecular formula is C23H27N3O3. The fourth-order valence-electron chi connectivity index (χ4n) is 4.45. The molecule has 2 atom stereocenters. The number of nitrogens with one attached hydrogen (secondary N) is 1. The van der Waals surface area contributed by atoms with Crippen LogP contribution in [-0.2, 0) is 20.8 Å². The molecule has 152 valence electrons. The van der Waals surface area contributed by atoms with E-state index in [1.54, 1.807) is 6.20 Å². The van der Waals surface area contributed by atoms with E-state index in [4.69, 9.17) is 9.47 Å². The minimum Gasteiger partial charge on any atom is -0.374 e. The lowest BCUT2D eigenvalue weighted by Gasteiger charge is -2.30. The first-order valence-electron chi connectivity index (χ1n) is 10.7. The number of ether oxygens (including phenoxy) is 2. The summed E-state index contributed by atoms with van der Waals surface area (Å²) >= 11 is 0. The van der Waals surface area contributed by atoms with Gasteiger partial charge in [-0.2, -0.15) is 0 Å². The van der Waals surface area contributed by atoms with Gasteiger partial charge in [0.05, 0.1) is 24.0 Å². The number of aromatic nitrogens is 1. The molecule has 1 aromatic carbocycles. The summed E-state index contributed by atoms with van der Waals surface area (Å²) in [4.78, 5) is 19.9. The molecule has 0 saturated carbocycles. The third-order valence-electron chi connectivity index (χ3n) is 6.06. The second-order valence-electron chi connectivity index (χ2n) is 8.05. The smallest absolute Gasteiger partial charge is 0.256 e. The molecule has 0 radical (unpaired) electrons. The molecule has 1 N–H and O–H groups in total. The fraction of sp³-hybridized carbons (Fsp3) is 0.478. The molecule has 3 aliphatic heterocycles. The Hall–Kier alpha value is -2.44. The number of hydrogen-bond donors (Lipinski definition) is 1. The van der Waals surface area contributed by atoms with Crippen LogP contribution in [0.3, 0.4) is 0 Å². The summed E-state index contributed by atoms with van der Waals surface area (Å²) < 4.78 is 11.8. The molecule has 1 amide bonds. The summed E-state index contributed by atoms with van der Waals surface area (Å²) in [5, 5.41) is 3.43. The molecule has 1 unspecified atom stereocenters. The highest BCUT2D eigenvalue weighted by atomic mass is 16.5. The van der Waals surface area contributed by atoms with Gasteiger partial charge in [0.2, 0.25) is 0 Å². The molecule has 5 rings (SSSR count). The molecule has 1 aromatic heterocycles. The van der Waals surface area contributed by atoms with E-state index >= 15 is 0 Å². The highest BCUT2D eigenvalue weighted by molar-refractivity contribution is 6.00. The lowest BCUT2D eigenvalue weighted by Crippen LogP contribution is -2.41. The van der Waals surface area contributed by atoms with Crippen molar-refractivity contribution in [3.63, 3.8) is 0 Å². The van der Waals surface area contributed by atoms with Crippen LogP contribution in [0.1, 0.15) is 55.8 Å². The van der Waals surface area contributed by atoms with Crippen molar-refractivity contribution in [3.8, 4) is 0 Å².